The second kappa shape index (κ2) is 8.71. The summed E-state index contributed by atoms with van der Waals surface area (Å²) >= 11 is 0. The smallest absolute Gasteiger partial charge is 0.191 e. The van der Waals surface area contributed by atoms with Crippen molar-refractivity contribution < 1.29 is 0 Å². The van der Waals surface area contributed by atoms with Crippen LogP contribution in [-0.2, 0) is 6.42 Å². The van der Waals surface area contributed by atoms with Crippen LogP contribution in [0.15, 0.2) is 35.3 Å². The Morgan fingerprint density at radius 2 is 1.76 bits per heavy atom. The van der Waals surface area contributed by atoms with Crippen molar-refractivity contribution in [2.75, 3.05) is 19.6 Å². The highest BCUT2D eigenvalue weighted by Gasteiger charge is 2.17. The molecule has 1 rings (SSSR count). The predicted octanol–water partition coefficient (Wildman–Crippen LogP) is 3.69. The maximum atomic E-state index is 6.04. The van der Waals surface area contributed by atoms with Crippen LogP contribution in [0.3, 0.4) is 0 Å². The highest BCUT2D eigenvalue weighted by molar-refractivity contribution is 5.78. The number of aliphatic imine (C=N–C) groups is 1. The number of nitrogens with two attached hydrogens (primary N) is 1. The van der Waals surface area contributed by atoms with E-state index < -0.39 is 0 Å². The number of benzene rings is 1. The molecule has 1 aromatic rings. The molecule has 0 saturated carbocycles. The Bertz CT molecular complexity index is 419. The van der Waals surface area contributed by atoms with Crippen LogP contribution in [0.25, 0.3) is 0 Å². The molecule has 0 bridgehead atoms. The SMILES string of the molecule is CCN(CC)C(N)=NCC(C)(C)CCCc1ccccc1. The lowest BCUT2D eigenvalue weighted by molar-refractivity contribution is 0.335. The second-order valence-electron chi connectivity index (χ2n) is 6.35. The van der Waals surface area contributed by atoms with Crippen LogP contribution < -0.4 is 5.73 Å². The molecule has 0 heterocycles. The summed E-state index contributed by atoms with van der Waals surface area (Å²) < 4.78 is 0. The van der Waals surface area contributed by atoms with E-state index in [1.807, 2.05) is 0 Å². The van der Waals surface area contributed by atoms with Gasteiger partial charge in [0, 0.05) is 19.6 Å². The number of hydrogen-bond acceptors (Lipinski definition) is 1. The fourth-order valence-corrected chi connectivity index (χ4v) is 2.44. The third-order valence-corrected chi connectivity index (χ3v) is 3.92. The van der Waals surface area contributed by atoms with E-state index in [0.717, 1.165) is 32.5 Å². The topological polar surface area (TPSA) is 41.6 Å². The molecule has 0 spiro atoms. The molecule has 118 valence electrons. The Morgan fingerprint density at radius 1 is 1.14 bits per heavy atom. The fourth-order valence-electron chi connectivity index (χ4n) is 2.44. The van der Waals surface area contributed by atoms with Crippen LogP contribution in [0.4, 0.5) is 0 Å². The lowest BCUT2D eigenvalue weighted by Crippen LogP contribution is -2.37. The van der Waals surface area contributed by atoms with E-state index in [4.69, 9.17) is 5.73 Å². The highest BCUT2D eigenvalue weighted by atomic mass is 15.2. The van der Waals surface area contributed by atoms with Gasteiger partial charge < -0.3 is 10.6 Å². The first-order chi connectivity index (χ1) is 9.98. The maximum absolute atomic E-state index is 6.04. The van der Waals surface area contributed by atoms with Gasteiger partial charge in [0.25, 0.3) is 0 Å². The van der Waals surface area contributed by atoms with Gasteiger partial charge in [-0.15, -0.1) is 0 Å². The number of hydrogen-bond donors (Lipinski definition) is 1. The molecule has 0 saturated heterocycles. The predicted molar refractivity (Wildman–Crippen MR) is 92.6 cm³/mol. The highest BCUT2D eigenvalue weighted by Crippen LogP contribution is 2.24. The molecule has 0 aliphatic carbocycles. The Balaban J connectivity index is 2.41. The molecular weight excluding hydrogens is 258 g/mol. The third-order valence-electron chi connectivity index (χ3n) is 3.92. The van der Waals surface area contributed by atoms with E-state index in [-0.39, 0.29) is 5.41 Å². The van der Waals surface area contributed by atoms with Crippen molar-refractivity contribution in [3.8, 4) is 0 Å². The van der Waals surface area contributed by atoms with Crippen LogP contribution in [0.5, 0.6) is 0 Å². The van der Waals surface area contributed by atoms with Gasteiger partial charge in [-0.2, -0.15) is 0 Å². The van der Waals surface area contributed by atoms with E-state index in [2.05, 4.69) is 67.9 Å². The van der Waals surface area contributed by atoms with Crippen LogP contribution in [0.2, 0.25) is 0 Å². The van der Waals surface area contributed by atoms with Gasteiger partial charge in [0.05, 0.1) is 0 Å². The van der Waals surface area contributed by atoms with Gasteiger partial charge in [-0.3, -0.25) is 4.99 Å². The summed E-state index contributed by atoms with van der Waals surface area (Å²) in [7, 11) is 0. The molecule has 3 heteroatoms. The van der Waals surface area contributed by atoms with Gasteiger partial charge in [-0.25, -0.2) is 0 Å². The first-order valence-electron chi connectivity index (χ1n) is 8.07. The van der Waals surface area contributed by atoms with Crippen molar-refractivity contribution in [1.82, 2.24) is 4.90 Å². The van der Waals surface area contributed by atoms with Crippen molar-refractivity contribution in [2.45, 2.75) is 47.0 Å². The van der Waals surface area contributed by atoms with Crippen molar-refractivity contribution in [2.24, 2.45) is 16.1 Å². The number of rotatable bonds is 8. The second-order valence-corrected chi connectivity index (χ2v) is 6.35. The summed E-state index contributed by atoms with van der Waals surface area (Å²) in [4.78, 5) is 6.68. The van der Waals surface area contributed by atoms with Gasteiger partial charge in [0.1, 0.15) is 0 Å². The number of aryl methyl sites for hydroxylation is 1. The van der Waals surface area contributed by atoms with Gasteiger partial charge in [-0.1, -0.05) is 44.2 Å². The standard InChI is InChI=1S/C18H31N3/c1-5-21(6-2)17(19)20-15-18(3,4)14-10-13-16-11-8-7-9-12-16/h7-9,11-12H,5-6,10,13-15H2,1-4H3,(H2,19,20). The zero-order valence-electron chi connectivity index (χ0n) is 14.1. The summed E-state index contributed by atoms with van der Waals surface area (Å²) in [6.07, 6.45) is 3.49. The number of nitrogens with zero attached hydrogens (tertiary/aromatic N) is 2. The van der Waals surface area contributed by atoms with Gasteiger partial charge in [-0.05, 0) is 44.1 Å². The Hall–Kier alpha value is -1.51. The number of guanidine groups is 1. The monoisotopic (exact) mass is 289 g/mol. The van der Waals surface area contributed by atoms with Gasteiger partial charge in [0.2, 0.25) is 0 Å². The average Bonchev–Trinajstić information content (AvgIpc) is 2.47. The Kier molecular flexibility index (Phi) is 7.27. The van der Waals surface area contributed by atoms with E-state index in [1.165, 1.54) is 12.0 Å². The molecule has 0 atom stereocenters. The van der Waals surface area contributed by atoms with Crippen LogP contribution >= 0.6 is 0 Å². The van der Waals surface area contributed by atoms with E-state index >= 15 is 0 Å². The lowest BCUT2D eigenvalue weighted by atomic mass is 9.86. The minimum atomic E-state index is 0.201. The van der Waals surface area contributed by atoms with Gasteiger partial charge >= 0.3 is 0 Å². The molecule has 0 amide bonds. The first-order valence-corrected chi connectivity index (χ1v) is 8.07. The molecule has 0 fully saturated rings. The first kappa shape index (κ1) is 17.5. The molecule has 1 aromatic carbocycles. The largest absolute Gasteiger partial charge is 0.370 e. The zero-order valence-corrected chi connectivity index (χ0v) is 14.1. The quantitative estimate of drug-likeness (QED) is 0.586. The van der Waals surface area contributed by atoms with Crippen LogP contribution in [0, 0.1) is 5.41 Å². The summed E-state index contributed by atoms with van der Waals surface area (Å²) in [6, 6.07) is 10.7. The summed E-state index contributed by atoms with van der Waals surface area (Å²) in [6.45, 7) is 11.4. The molecule has 0 aliphatic heterocycles. The van der Waals surface area contributed by atoms with Gasteiger partial charge in [0.15, 0.2) is 5.96 Å². The maximum Gasteiger partial charge on any atom is 0.191 e. The van der Waals surface area contributed by atoms with E-state index in [0.29, 0.717) is 5.96 Å². The van der Waals surface area contributed by atoms with Crippen LogP contribution in [-0.4, -0.2) is 30.5 Å². The molecule has 0 aliphatic rings. The zero-order chi connectivity index (χ0) is 15.7. The van der Waals surface area contributed by atoms with E-state index in [9.17, 15) is 0 Å². The minimum Gasteiger partial charge on any atom is -0.370 e. The molecular formula is C18H31N3. The fraction of sp³-hybridized carbons (Fsp3) is 0.611. The molecule has 21 heavy (non-hydrogen) atoms. The molecule has 0 radical (unpaired) electrons. The Labute approximate surface area is 130 Å². The van der Waals surface area contributed by atoms with Crippen molar-refractivity contribution in [3.63, 3.8) is 0 Å². The molecule has 2 N–H and O–H groups in total. The summed E-state index contributed by atoms with van der Waals surface area (Å²) in [5.74, 6) is 0.677. The molecule has 0 unspecified atom stereocenters. The molecule has 0 aromatic heterocycles. The average molecular weight is 289 g/mol. The Morgan fingerprint density at radius 3 is 2.33 bits per heavy atom. The summed E-state index contributed by atoms with van der Waals surface area (Å²) in [5, 5.41) is 0. The van der Waals surface area contributed by atoms with E-state index in [1.54, 1.807) is 0 Å². The molecule has 3 nitrogen and oxygen atoms in total. The minimum absolute atomic E-state index is 0.201. The normalized spacial score (nSPS) is 12.5. The van der Waals surface area contributed by atoms with Crippen molar-refractivity contribution >= 4 is 5.96 Å². The lowest BCUT2D eigenvalue weighted by Gasteiger charge is -2.25. The third kappa shape index (κ3) is 6.65. The van der Waals surface area contributed by atoms with Crippen LogP contribution in [0.1, 0.15) is 46.1 Å². The van der Waals surface area contributed by atoms with Crippen molar-refractivity contribution in [3.05, 3.63) is 35.9 Å². The summed E-state index contributed by atoms with van der Waals surface area (Å²) in [5.41, 5.74) is 7.66. The van der Waals surface area contributed by atoms with Crippen molar-refractivity contribution in [1.29, 1.82) is 0 Å².